The van der Waals surface area contributed by atoms with Crippen LogP contribution < -0.4 is 0 Å². The quantitative estimate of drug-likeness (QED) is 0.790. The standard InChI is InChI=1S/C8H4BrClN4O/c9-5-1-2-7(11-3-5)14-4-6(8(10)15)12-13-14/h1-4H. The van der Waals surface area contributed by atoms with Crippen molar-refractivity contribution in [2.75, 3.05) is 0 Å². The van der Waals surface area contributed by atoms with E-state index in [1.807, 2.05) is 6.07 Å². The monoisotopic (exact) mass is 286 g/mol. The van der Waals surface area contributed by atoms with E-state index in [1.165, 1.54) is 10.9 Å². The maximum Gasteiger partial charge on any atom is 0.274 e. The molecule has 0 aliphatic rings. The molecule has 2 heterocycles. The van der Waals surface area contributed by atoms with E-state index in [4.69, 9.17) is 11.6 Å². The molecule has 76 valence electrons. The second kappa shape index (κ2) is 4.08. The molecule has 5 nitrogen and oxygen atoms in total. The number of aromatic nitrogens is 4. The number of carbonyl (C=O) groups excluding carboxylic acids is 1. The molecule has 0 amide bonds. The van der Waals surface area contributed by atoms with Crippen molar-refractivity contribution >= 4 is 32.8 Å². The fourth-order valence-corrected chi connectivity index (χ4v) is 1.29. The first-order chi connectivity index (χ1) is 7.16. The van der Waals surface area contributed by atoms with Gasteiger partial charge in [-0.15, -0.1) is 5.10 Å². The minimum atomic E-state index is -0.640. The topological polar surface area (TPSA) is 60.7 Å². The fourth-order valence-electron chi connectivity index (χ4n) is 0.969. The van der Waals surface area contributed by atoms with Crippen molar-refractivity contribution in [2.45, 2.75) is 0 Å². The van der Waals surface area contributed by atoms with E-state index in [0.717, 1.165) is 4.47 Å². The highest BCUT2D eigenvalue weighted by Crippen LogP contribution is 2.10. The lowest BCUT2D eigenvalue weighted by Crippen LogP contribution is -1.97. The molecule has 15 heavy (non-hydrogen) atoms. The summed E-state index contributed by atoms with van der Waals surface area (Å²) in [6, 6.07) is 3.55. The van der Waals surface area contributed by atoms with Gasteiger partial charge in [0.15, 0.2) is 11.5 Å². The number of halogens is 2. The van der Waals surface area contributed by atoms with Gasteiger partial charge in [0.1, 0.15) is 0 Å². The van der Waals surface area contributed by atoms with Crippen molar-refractivity contribution in [3.63, 3.8) is 0 Å². The molecule has 0 saturated carbocycles. The largest absolute Gasteiger partial charge is 0.274 e. The lowest BCUT2D eigenvalue weighted by atomic mass is 10.4. The molecule has 2 aromatic rings. The summed E-state index contributed by atoms with van der Waals surface area (Å²) in [6.45, 7) is 0. The lowest BCUT2D eigenvalue weighted by molar-refractivity contribution is 0.107. The molecule has 0 bridgehead atoms. The Bertz CT molecular complexity index is 496. The van der Waals surface area contributed by atoms with Gasteiger partial charge in [-0.1, -0.05) is 5.21 Å². The Hall–Kier alpha value is -1.27. The summed E-state index contributed by atoms with van der Waals surface area (Å²) in [7, 11) is 0. The third-order valence-corrected chi connectivity index (χ3v) is 2.30. The Balaban J connectivity index is 2.37. The predicted molar refractivity (Wildman–Crippen MR) is 57.0 cm³/mol. The van der Waals surface area contributed by atoms with Crippen LogP contribution in [-0.2, 0) is 0 Å². The van der Waals surface area contributed by atoms with Crippen LogP contribution in [0.25, 0.3) is 5.82 Å². The zero-order chi connectivity index (χ0) is 10.8. The molecule has 2 rings (SSSR count). The normalized spacial score (nSPS) is 10.3. The van der Waals surface area contributed by atoms with Crippen LogP contribution in [0.1, 0.15) is 10.5 Å². The fraction of sp³-hybridized carbons (Fsp3) is 0. The maximum atomic E-state index is 10.8. The molecule has 0 aromatic carbocycles. The van der Waals surface area contributed by atoms with Crippen molar-refractivity contribution in [3.05, 3.63) is 34.7 Å². The Morgan fingerprint density at radius 2 is 2.27 bits per heavy atom. The van der Waals surface area contributed by atoms with E-state index >= 15 is 0 Å². The van der Waals surface area contributed by atoms with Crippen LogP contribution in [0.5, 0.6) is 0 Å². The van der Waals surface area contributed by atoms with Crippen LogP contribution in [0.4, 0.5) is 0 Å². The van der Waals surface area contributed by atoms with Crippen LogP contribution in [0, 0.1) is 0 Å². The van der Waals surface area contributed by atoms with Gasteiger partial charge in [-0.3, -0.25) is 4.79 Å². The summed E-state index contributed by atoms with van der Waals surface area (Å²) in [6.07, 6.45) is 3.05. The summed E-state index contributed by atoms with van der Waals surface area (Å²) in [4.78, 5) is 14.8. The third-order valence-electron chi connectivity index (χ3n) is 1.64. The van der Waals surface area contributed by atoms with Gasteiger partial charge in [-0.25, -0.2) is 9.67 Å². The van der Waals surface area contributed by atoms with Crippen molar-refractivity contribution in [1.29, 1.82) is 0 Å². The van der Waals surface area contributed by atoms with Crippen molar-refractivity contribution in [3.8, 4) is 5.82 Å². The molecule has 0 spiro atoms. The average Bonchev–Trinajstić information content (AvgIpc) is 2.68. The van der Waals surface area contributed by atoms with E-state index in [1.54, 1.807) is 12.3 Å². The number of nitrogens with zero attached hydrogens (tertiary/aromatic N) is 4. The molecule has 0 unspecified atom stereocenters. The molecular weight excluding hydrogens is 283 g/mol. The van der Waals surface area contributed by atoms with Crippen LogP contribution in [0.15, 0.2) is 29.0 Å². The van der Waals surface area contributed by atoms with Crippen molar-refractivity contribution in [1.82, 2.24) is 20.0 Å². The summed E-state index contributed by atoms with van der Waals surface area (Å²) < 4.78 is 2.24. The van der Waals surface area contributed by atoms with Gasteiger partial charge in [-0.05, 0) is 39.7 Å². The van der Waals surface area contributed by atoms with Gasteiger partial charge in [0, 0.05) is 10.7 Å². The number of carbonyl (C=O) groups is 1. The second-order valence-electron chi connectivity index (χ2n) is 2.66. The predicted octanol–water partition coefficient (Wildman–Crippen LogP) is 1.80. The summed E-state index contributed by atoms with van der Waals surface area (Å²) in [5, 5.41) is 6.67. The maximum absolute atomic E-state index is 10.8. The van der Waals surface area contributed by atoms with Gasteiger partial charge in [0.2, 0.25) is 0 Å². The number of pyridine rings is 1. The smallest absolute Gasteiger partial charge is 0.274 e. The van der Waals surface area contributed by atoms with Crippen LogP contribution in [0.3, 0.4) is 0 Å². The second-order valence-corrected chi connectivity index (χ2v) is 3.92. The first-order valence-corrected chi connectivity index (χ1v) is 5.08. The molecule has 0 fully saturated rings. The molecular formula is C8H4BrClN4O. The van der Waals surface area contributed by atoms with E-state index in [9.17, 15) is 4.79 Å². The van der Waals surface area contributed by atoms with Crippen LogP contribution >= 0.6 is 27.5 Å². The van der Waals surface area contributed by atoms with E-state index in [2.05, 4.69) is 31.2 Å². The molecule has 0 radical (unpaired) electrons. The first kappa shape index (κ1) is 10.3. The van der Waals surface area contributed by atoms with Gasteiger partial charge in [0.25, 0.3) is 5.24 Å². The van der Waals surface area contributed by atoms with Gasteiger partial charge >= 0.3 is 0 Å². The number of hydrogen-bond donors (Lipinski definition) is 0. The Labute approximate surface area is 98.2 Å². The van der Waals surface area contributed by atoms with E-state index < -0.39 is 5.24 Å². The molecule has 0 aliphatic heterocycles. The highest BCUT2D eigenvalue weighted by molar-refractivity contribution is 9.10. The Morgan fingerprint density at radius 3 is 2.80 bits per heavy atom. The highest BCUT2D eigenvalue weighted by atomic mass is 79.9. The van der Waals surface area contributed by atoms with Gasteiger partial charge in [-0.2, -0.15) is 0 Å². The molecule has 0 aliphatic carbocycles. The van der Waals surface area contributed by atoms with Gasteiger partial charge < -0.3 is 0 Å². The molecule has 2 aromatic heterocycles. The van der Waals surface area contributed by atoms with Gasteiger partial charge in [0.05, 0.1) is 6.20 Å². The zero-order valence-corrected chi connectivity index (χ0v) is 9.60. The summed E-state index contributed by atoms with van der Waals surface area (Å²) >= 11 is 8.51. The highest BCUT2D eigenvalue weighted by Gasteiger charge is 2.08. The van der Waals surface area contributed by atoms with E-state index in [-0.39, 0.29) is 5.69 Å². The first-order valence-electron chi connectivity index (χ1n) is 3.91. The molecule has 7 heteroatoms. The average molecular weight is 288 g/mol. The SMILES string of the molecule is O=C(Cl)c1cn(-c2ccc(Br)cn2)nn1. The minimum absolute atomic E-state index is 0.0985. The summed E-state index contributed by atoms with van der Waals surface area (Å²) in [5.41, 5.74) is 0.0985. The summed E-state index contributed by atoms with van der Waals surface area (Å²) in [5.74, 6) is 0.565. The van der Waals surface area contributed by atoms with Crippen molar-refractivity contribution < 1.29 is 4.79 Å². The third kappa shape index (κ3) is 2.21. The van der Waals surface area contributed by atoms with Crippen molar-refractivity contribution in [2.24, 2.45) is 0 Å². The van der Waals surface area contributed by atoms with Crippen LogP contribution in [-0.4, -0.2) is 25.2 Å². The van der Waals surface area contributed by atoms with Crippen LogP contribution in [0.2, 0.25) is 0 Å². The zero-order valence-electron chi connectivity index (χ0n) is 7.26. The Kier molecular flexibility index (Phi) is 2.79. The van der Waals surface area contributed by atoms with E-state index in [0.29, 0.717) is 5.82 Å². The lowest BCUT2D eigenvalue weighted by Gasteiger charge is -1.97. The Morgan fingerprint density at radius 1 is 1.47 bits per heavy atom. The molecule has 0 atom stereocenters. The number of hydrogen-bond acceptors (Lipinski definition) is 4. The molecule has 0 saturated heterocycles. The minimum Gasteiger partial charge on any atom is -0.274 e. The number of rotatable bonds is 2. The molecule has 0 N–H and O–H groups in total.